The molecule has 0 aliphatic carbocycles. The number of sulfonamides is 1. The van der Waals surface area contributed by atoms with E-state index >= 15 is 0 Å². The van der Waals surface area contributed by atoms with E-state index in [9.17, 15) is 13.2 Å². The van der Waals surface area contributed by atoms with Gasteiger partial charge in [-0.25, -0.2) is 12.7 Å². The summed E-state index contributed by atoms with van der Waals surface area (Å²) >= 11 is 0. The van der Waals surface area contributed by atoms with Crippen molar-refractivity contribution in [1.29, 1.82) is 0 Å². The van der Waals surface area contributed by atoms with Gasteiger partial charge in [0.15, 0.2) is 0 Å². The van der Waals surface area contributed by atoms with Gasteiger partial charge in [0, 0.05) is 44.7 Å². The molecular formula is C13H20N4O3S. The Morgan fingerprint density at radius 1 is 1.38 bits per heavy atom. The summed E-state index contributed by atoms with van der Waals surface area (Å²) < 4.78 is 27.2. The Kier molecular flexibility index (Phi) is 3.32. The first-order chi connectivity index (χ1) is 9.85. The third-order valence-corrected chi connectivity index (χ3v) is 6.31. The molecule has 0 aromatic carbocycles. The van der Waals surface area contributed by atoms with Crippen molar-refractivity contribution in [2.45, 2.75) is 19.8 Å². The maximum absolute atomic E-state index is 12.3. The summed E-state index contributed by atoms with van der Waals surface area (Å²) in [5.41, 5.74) is 0.547. The molecule has 2 aliphatic rings. The highest BCUT2D eigenvalue weighted by molar-refractivity contribution is 7.89. The number of carbonyl (C=O) groups is 1. The van der Waals surface area contributed by atoms with Crippen molar-refractivity contribution in [2.75, 3.05) is 30.3 Å². The minimum Gasteiger partial charge on any atom is -0.309 e. The smallest absolute Gasteiger partial charge is 0.227 e. The Balaban J connectivity index is 1.79. The molecule has 1 spiro atoms. The van der Waals surface area contributed by atoms with Crippen molar-refractivity contribution in [2.24, 2.45) is 12.5 Å². The largest absolute Gasteiger partial charge is 0.309 e. The highest BCUT2D eigenvalue weighted by Crippen LogP contribution is 2.42. The first-order valence-electron chi connectivity index (χ1n) is 7.12. The van der Waals surface area contributed by atoms with Crippen LogP contribution in [0.15, 0.2) is 12.4 Å². The molecular weight excluding hydrogens is 292 g/mol. The highest BCUT2D eigenvalue weighted by atomic mass is 32.2. The fourth-order valence-electron chi connectivity index (χ4n) is 3.27. The predicted molar refractivity (Wildman–Crippen MR) is 78.3 cm³/mol. The topological polar surface area (TPSA) is 75.5 Å². The number of anilines is 1. The van der Waals surface area contributed by atoms with Gasteiger partial charge in [-0.15, -0.1) is 0 Å². The summed E-state index contributed by atoms with van der Waals surface area (Å²) in [6.45, 7) is 3.20. The number of carbonyl (C=O) groups excluding carboxylic acids is 1. The van der Waals surface area contributed by atoms with Crippen LogP contribution in [-0.4, -0.2) is 53.8 Å². The van der Waals surface area contributed by atoms with Crippen molar-refractivity contribution in [1.82, 2.24) is 14.1 Å². The Hall–Kier alpha value is -1.41. The van der Waals surface area contributed by atoms with Gasteiger partial charge < -0.3 is 4.90 Å². The SMILES string of the molecule is CCS(=O)(=O)N1CC[C@@]2(CC(=O)N(c3cnn(C)c3)C2)C1. The van der Waals surface area contributed by atoms with E-state index in [1.165, 1.54) is 4.31 Å². The number of hydrogen-bond acceptors (Lipinski definition) is 4. The first-order valence-corrected chi connectivity index (χ1v) is 8.73. The molecule has 2 saturated heterocycles. The number of hydrogen-bond donors (Lipinski definition) is 0. The molecule has 7 nitrogen and oxygen atoms in total. The van der Waals surface area contributed by atoms with E-state index in [4.69, 9.17) is 0 Å². The van der Waals surface area contributed by atoms with E-state index in [1.807, 2.05) is 13.2 Å². The second-order valence-corrected chi connectivity index (χ2v) is 8.27. The quantitative estimate of drug-likeness (QED) is 0.799. The van der Waals surface area contributed by atoms with E-state index < -0.39 is 10.0 Å². The van der Waals surface area contributed by atoms with Crippen LogP contribution in [0.25, 0.3) is 0 Å². The molecule has 2 aliphatic heterocycles. The molecule has 0 N–H and O–H groups in total. The molecule has 1 aromatic heterocycles. The van der Waals surface area contributed by atoms with Gasteiger partial charge in [0.1, 0.15) is 0 Å². The average molecular weight is 312 g/mol. The number of rotatable bonds is 3. The van der Waals surface area contributed by atoms with Crippen molar-refractivity contribution in [3.05, 3.63) is 12.4 Å². The van der Waals surface area contributed by atoms with Gasteiger partial charge in [-0.2, -0.15) is 5.10 Å². The molecule has 1 amide bonds. The van der Waals surface area contributed by atoms with Crippen molar-refractivity contribution in [3.8, 4) is 0 Å². The average Bonchev–Trinajstić information content (AvgIpc) is 3.11. The summed E-state index contributed by atoms with van der Waals surface area (Å²) in [6.07, 6.45) is 4.64. The molecule has 2 fully saturated rings. The maximum atomic E-state index is 12.3. The monoisotopic (exact) mass is 312 g/mol. The fraction of sp³-hybridized carbons (Fsp3) is 0.692. The van der Waals surface area contributed by atoms with Crippen molar-refractivity contribution in [3.63, 3.8) is 0 Å². The lowest BCUT2D eigenvalue weighted by atomic mass is 9.86. The van der Waals surface area contributed by atoms with Gasteiger partial charge in [0.05, 0.1) is 17.6 Å². The summed E-state index contributed by atoms with van der Waals surface area (Å²) in [7, 11) is -1.36. The molecule has 3 rings (SSSR count). The number of amides is 1. The Morgan fingerprint density at radius 2 is 2.14 bits per heavy atom. The van der Waals surface area contributed by atoms with Gasteiger partial charge >= 0.3 is 0 Å². The van der Waals surface area contributed by atoms with Crippen LogP contribution in [0, 0.1) is 5.41 Å². The third-order valence-electron chi connectivity index (χ3n) is 4.49. The predicted octanol–water partition coefficient (Wildman–Crippen LogP) is 0.199. The van der Waals surface area contributed by atoms with Crippen LogP contribution in [0.5, 0.6) is 0 Å². The van der Waals surface area contributed by atoms with Crippen LogP contribution in [0.1, 0.15) is 19.8 Å². The number of nitrogens with zero attached hydrogens (tertiary/aromatic N) is 4. The standard InChI is InChI=1S/C13H20N4O3S/c1-3-21(19,20)16-5-4-13(9-16)6-12(18)17(10-13)11-7-14-15(2)8-11/h7-8H,3-6,9-10H2,1-2H3/t13-/m1/s1. The van der Waals surface area contributed by atoms with E-state index in [0.717, 1.165) is 12.1 Å². The molecule has 116 valence electrons. The molecule has 3 heterocycles. The summed E-state index contributed by atoms with van der Waals surface area (Å²) in [6, 6.07) is 0. The molecule has 0 unspecified atom stereocenters. The van der Waals surface area contributed by atoms with Gasteiger partial charge in [-0.1, -0.05) is 0 Å². The van der Waals surface area contributed by atoms with Gasteiger partial charge in [0.2, 0.25) is 15.9 Å². The van der Waals surface area contributed by atoms with Crippen LogP contribution in [0.4, 0.5) is 5.69 Å². The van der Waals surface area contributed by atoms with Crippen molar-refractivity contribution >= 4 is 21.6 Å². The van der Waals surface area contributed by atoms with Crippen LogP contribution >= 0.6 is 0 Å². The zero-order chi connectivity index (χ0) is 15.3. The molecule has 8 heteroatoms. The minimum absolute atomic E-state index is 0.0544. The van der Waals surface area contributed by atoms with Crippen LogP contribution in [0.3, 0.4) is 0 Å². The van der Waals surface area contributed by atoms with E-state index in [2.05, 4.69) is 5.10 Å². The molecule has 21 heavy (non-hydrogen) atoms. The Bertz CT molecular complexity index is 669. The molecule has 0 radical (unpaired) electrons. The maximum Gasteiger partial charge on any atom is 0.227 e. The van der Waals surface area contributed by atoms with Gasteiger partial charge in [0.25, 0.3) is 0 Å². The zero-order valence-corrected chi connectivity index (χ0v) is 13.1. The Morgan fingerprint density at radius 3 is 2.76 bits per heavy atom. The molecule has 1 aromatic rings. The lowest BCUT2D eigenvalue weighted by molar-refractivity contribution is -0.117. The Labute approximate surface area is 124 Å². The summed E-state index contributed by atoms with van der Waals surface area (Å²) in [4.78, 5) is 14.0. The van der Waals surface area contributed by atoms with E-state index in [1.54, 1.807) is 22.7 Å². The molecule has 0 saturated carbocycles. The minimum atomic E-state index is -3.17. The fourth-order valence-corrected chi connectivity index (χ4v) is 4.47. The van der Waals surface area contributed by atoms with Crippen LogP contribution in [-0.2, 0) is 21.9 Å². The second kappa shape index (κ2) is 4.81. The summed E-state index contributed by atoms with van der Waals surface area (Å²) in [5.74, 6) is 0.169. The van der Waals surface area contributed by atoms with Crippen LogP contribution in [0.2, 0.25) is 0 Å². The van der Waals surface area contributed by atoms with E-state index in [-0.39, 0.29) is 17.1 Å². The first kappa shape index (κ1) is 14.5. The lowest BCUT2D eigenvalue weighted by Gasteiger charge is -2.23. The molecule has 0 bridgehead atoms. The summed E-state index contributed by atoms with van der Waals surface area (Å²) in [5, 5.41) is 4.09. The highest BCUT2D eigenvalue weighted by Gasteiger charge is 2.50. The normalized spacial score (nSPS) is 27.1. The number of aromatic nitrogens is 2. The molecule has 1 atom stereocenters. The van der Waals surface area contributed by atoms with E-state index in [0.29, 0.717) is 26.1 Å². The van der Waals surface area contributed by atoms with Crippen LogP contribution < -0.4 is 4.90 Å². The zero-order valence-electron chi connectivity index (χ0n) is 12.3. The van der Waals surface area contributed by atoms with Gasteiger partial charge in [-0.05, 0) is 13.3 Å². The third kappa shape index (κ3) is 2.46. The second-order valence-electron chi connectivity index (χ2n) is 6.01. The number of aryl methyl sites for hydroxylation is 1. The van der Waals surface area contributed by atoms with Gasteiger partial charge in [-0.3, -0.25) is 9.48 Å². The van der Waals surface area contributed by atoms with Crippen molar-refractivity contribution < 1.29 is 13.2 Å². The lowest BCUT2D eigenvalue weighted by Crippen LogP contribution is -2.34.